The number of methoxy groups -OCH3 is 2. The average molecular weight is 993 g/mol. The lowest BCUT2D eigenvalue weighted by Crippen LogP contribution is -2.47. The van der Waals surface area contributed by atoms with E-state index in [4.69, 9.17) is 65.4 Å². The van der Waals surface area contributed by atoms with Gasteiger partial charge >= 0.3 is 12.2 Å². The summed E-state index contributed by atoms with van der Waals surface area (Å²) in [5.74, 6) is -1.59. The molecule has 8 rings (SSSR count). The predicted octanol–water partition coefficient (Wildman–Crippen LogP) is 12.0. The molecule has 15 heteroatoms. The zero-order valence-electron chi connectivity index (χ0n) is 38.5. The summed E-state index contributed by atoms with van der Waals surface area (Å²) in [5.41, 5.74) is 0.353. The number of aliphatic hydroxyl groups is 1. The number of fused-ring (bicyclic) bond motifs is 2. The van der Waals surface area contributed by atoms with Crippen molar-refractivity contribution in [2.24, 2.45) is 17.8 Å². The molecular weight excluding hydrogens is 938 g/mol. The second-order valence-electron chi connectivity index (χ2n) is 19.2. The van der Waals surface area contributed by atoms with Gasteiger partial charge in [-0.05, 0) is 130 Å². The fourth-order valence-electron chi connectivity index (χ4n) is 9.59. The van der Waals surface area contributed by atoms with E-state index in [-0.39, 0.29) is 48.6 Å². The average Bonchev–Trinajstić information content (AvgIpc) is 3.75. The van der Waals surface area contributed by atoms with Crippen LogP contribution in [0.15, 0.2) is 109 Å². The molecule has 11 nitrogen and oxygen atoms in total. The molecule has 2 heterocycles. The minimum Gasteiger partial charge on any atom is -0.497 e. The smallest absolute Gasteiger partial charge is 0.417 e. The Bertz CT molecular complexity index is 2590. The van der Waals surface area contributed by atoms with Gasteiger partial charge in [-0.3, -0.25) is 9.59 Å². The number of allylic oxidation sites excluding steroid dienone is 2. The van der Waals surface area contributed by atoms with Crippen LogP contribution < -0.4 is 9.47 Å². The molecule has 4 aliphatic rings. The SMILES string of the molecule is COc1ccc([C@@H]2C=C[C@@H]3C(=O)N(C(=O)OC(C)(C)C)C[C@H]3[C@H]2c2ccc(Cl)cc2)c(Cl)c1.COc1ccc([C@@H]2C=C[C@@]3(O)C(=O)N(C(=O)OC(C)(C)C)C[C@H]3[C@H]2c2ccc(Cl)cc2)c(Cl)c1. The van der Waals surface area contributed by atoms with Gasteiger partial charge in [0.2, 0.25) is 5.91 Å². The first-order valence-electron chi connectivity index (χ1n) is 21.9. The Hall–Kier alpha value is -5.04. The third-order valence-electron chi connectivity index (χ3n) is 12.6. The summed E-state index contributed by atoms with van der Waals surface area (Å²) >= 11 is 25.6. The van der Waals surface area contributed by atoms with Crippen molar-refractivity contribution in [2.45, 2.75) is 82.0 Å². The molecule has 0 aromatic heterocycles. The van der Waals surface area contributed by atoms with E-state index in [9.17, 15) is 24.3 Å². The van der Waals surface area contributed by atoms with Gasteiger partial charge in [-0.2, -0.15) is 0 Å². The molecule has 4 aromatic carbocycles. The van der Waals surface area contributed by atoms with E-state index in [1.165, 1.54) is 11.0 Å². The van der Waals surface area contributed by atoms with E-state index in [1.54, 1.807) is 86.1 Å². The molecule has 0 spiro atoms. The van der Waals surface area contributed by atoms with Crippen molar-refractivity contribution >= 4 is 70.4 Å². The van der Waals surface area contributed by atoms with Gasteiger partial charge < -0.3 is 24.1 Å². The minimum absolute atomic E-state index is 0.00610. The van der Waals surface area contributed by atoms with Crippen molar-refractivity contribution in [3.63, 3.8) is 0 Å². The second-order valence-corrected chi connectivity index (χ2v) is 20.9. The van der Waals surface area contributed by atoms with Crippen molar-refractivity contribution < 1.29 is 43.2 Å². The molecule has 67 heavy (non-hydrogen) atoms. The molecule has 4 amide bonds. The van der Waals surface area contributed by atoms with E-state index in [0.717, 1.165) is 27.2 Å². The van der Waals surface area contributed by atoms with E-state index in [2.05, 4.69) is 0 Å². The number of nitrogens with zero attached hydrogens (tertiary/aromatic N) is 2. The van der Waals surface area contributed by atoms with Gasteiger partial charge in [0.1, 0.15) is 22.7 Å². The molecule has 0 saturated carbocycles. The van der Waals surface area contributed by atoms with E-state index in [1.807, 2.05) is 72.8 Å². The van der Waals surface area contributed by atoms with Gasteiger partial charge in [0, 0.05) is 56.9 Å². The van der Waals surface area contributed by atoms with Crippen LogP contribution in [0.25, 0.3) is 0 Å². The first-order valence-corrected chi connectivity index (χ1v) is 23.4. The van der Waals surface area contributed by atoms with Crippen LogP contribution in [0.3, 0.4) is 0 Å². The van der Waals surface area contributed by atoms with Gasteiger partial charge in [-0.1, -0.05) is 101 Å². The number of likely N-dealkylation sites (tertiary alicyclic amines) is 2. The minimum atomic E-state index is -1.85. The first-order chi connectivity index (χ1) is 31.5. The maximum Gasteiger partial charge on any atom is 0.417 e. The van der Waals surface area contributed by atoms with Gasteiger partial charge in [-0.15, -0.1) is 0 Å². The van der Waals surface area contributed by atoms with E-state index in [0.29, 0.717) is 31.6 Å². The number of carbonyl (C=O) groups is 4. The molecule has 2 aliphatic carbocycles. The Kier molecular flexibility index (Phi) is 14.5. The van der Waals surface area contributed by atoms with Crippen LogP contribution in [-0.4, -0.2) is 83.0 Å². The summed E-state index contributed by atoms with van der Waals surface area (Å²) in [6.07, 6.45) is 5.84. The van der Waals surface area contributed by atoms with E-state index >= 15 is 0 Å². The fraction of sp³-hybridized carbons (Fsp3) is 0.385. The second kappa shape index (κ2) is 19.5. The molecule has 2 fully saturated rings. The van der Waals surface area contributed by atoms with Crippen molar-refractivity contribution in [1.82, 2.24) is 9.80 Å². The number of imide groups is 2. The van der Waals surface area contributed by atoms with E-state index < -0.39 is 46.7 Å². The molecule has 8 atom stereocenters. The van der Waals surface area contributed by atoms with Crippen LogP contribution in [0.1, 0.15) is 87.5 Å². The lowest BCUT2D eigenvalue weighted by atomic mass is 9.65. The first kappa shape index (κ1) is 49.9. The Labute approximate surface area is 411 Å². The molecule has 0 unspecified atom stereocenters. The number of carbonyl (C=O) groups excluding carboxylic acids is 4. The fourth-order valence-corrected chi connectivity index (χ4v) is 10.4. The van der Waals surface area contributed by atoms with Crippen molar-refractivity contribution in [3.05, 3.63) is 152 Å². The topological polar surface area (TPSA) is 132 Å². The number of benzene rings is 4. The number of amides is 4. The van der Waals surface area contributed by atoms with Crippen LogP contribution in [0, 0.1) is 17.8 Å². The summed E-state index contributed by atoms with van der Waals surface area (Å²) < 4.78 is 21.5. The highest BCUT2D eigenvalue weighted by Crippen LogP contribution is 2.54. The molecular formula is C52H54Cl4N2O9. The predicted molar refractivity (Wildman–Crippen MR) is 259 cm³/mol. The number of ether oxygens (including phenoxy) is 4. The van der Waals surface area contributed by atoms with Gasteiger partial charge in [0.25, 0.3) is 5.91 Å². The Morgan fingerprint density at radius 3 is 1.52 bits per heavy atom. The standard InChI is InChI=1S/C26H27Cl2NO5.C26H27Cl2NO4/c1-25(2,3)34-24(31)29-14-20-22(15-5-7-16(27)8-6-15)19(11-12-26(20,32)23(29)30)18-10-9-17(33-4)13-21(18)28;1-26(2,3)33-25(31)29-14-21-20(24(29)30)12-11-19(18-10-9-17(32-4)13-22(18)28)23(21)15-5-7-16(27)8-6-15/h5-13,19-20,22,32H,14H2,1-4H3;5-13,19-21,23H,14H2,1-4H3/t19-,20-,22-,26-;19-,20-,21+,23-/m00/s1. The van der Waals surface area contributed by atoms with Crippen molar-refractivity contribution in [2.75, 3.05) is 27.3 Å². The van der Waals surface area contributed by atoms with Gasteiger partial charge in [-0.25, -0.2) is 19.4 Å². The molecule has 4 aromatic rings. The lowest BCUT2D eigenvalue weighted by Gasteiger charge is -2.40. The number of halogens is 4. The number of hydrogen-bond donors (Lipinski definition) is 1. The third-order valence-corrected chi connectivity index (χ3v) is 13.7. The van der Waals surface area contributed by atoms with Crippen LogP contribution in [0.5, 0.6) is 11.5 Å². The Balaban J connectivity index is 0.000000199. The molecule has 1 N–H and O–H groups in total. The summed E-state index contributed by atoms with van der Waals surface area (Å²) in [4.78, 5) is 54.3. The Morgan fingerprint density at radius 1 is 0.612 bits per heavy atom. The van der Waals surface area contributed by atoms with Crippen LogP contribution in [0.2, 0.25) is 20.1 Å². The van der Waals surface area contributed by atoms with Gasteiger partial charge in [0.15, 0.2) is 5.60 Å². The quantitative estimate of drug-likeness (QED) is 0.188. The van der Waals surface area contributed by atoms with Crippen LogP contribution in [0.4, 0.5) is 9.59 Å². The number of hydrogen-bond acceptors (Lipinski definition) is 9. The Morgan fingerprint density at radius 2 is 1.06 bits per heavy atom. The zero-order valence-corrected chi connectivity index (χ0v) is 41.5. The maximum absolute atomic E-state index is 13.3. The summed E-state index contributed by atoms with van der Waals surface area (Å²) in [6, 6.07) is 26.0. The molecule has 0 bridgehead atoms. The molecule has 354 valence electrons. The summed E-state index contributed by atoms with van der Waals surface area (Å²) in [6.45, 7) is 10.8. The lowest BCUT2D eigenvalue weighted by molar-refractivity contribution is -0.140. The number of rotatable bonds is 6. The highest BCUT2D eigenvalue weighted by Gasteiger charge is 2.60. The van der Waals surface area contributed by atoms with Crippen LogP contribution in [-0.2, 0) is 19.1 Å². The molecule has 2 saturated heterocycles. The zero-order chi connectivity index (χ0) is 48.7. The van der Waals surface area contributed by atoms with Crippen molar-refractivity contribution in [3.8, 4) is 11.5 Å². The normalized spacial score (nSPS) is 25.5. The molecule has 0 radical (unpaired) electrons. The largest absolute Gasteiger partial charge is 0.497 e. The highest BCUT2D eigenvalue weighted by atomic mass is 35.5. The third kappa shape index (κ3) is 10.5. The van der Waals surface area contributed by atoms with Crippen molar-refractivity contribution in [1.29, 1.82) is 0 Å². The van der Waals surface area contributed by atoms with Crippen LogP contribution >= 0.6 is 46.4 Å². The monoisotopic (exact) mass is 990 g/mol. The molecule has 2 aliphatic heterocycles. The highest BCUT2D eigenvalue weighted by molar-refractivity contribution is 6.32. The summed E-state index contributed by atoms with van der Waals surface area (Å²) in [5, 5.41) is 13.8. The maximum atomic E-state index is 13.3. The van der Waals surface area contributed by atoms with Gasteiger partial charge in [0.05, 0.1) is 20.1 Å². The summed E-state index contributed by atoms with van der Waals surface area (Å²) in [7, 11) is 3.17.